The van der Waals surface area contributed by atoms with E-state index in [2.05, 4.69) is 5.32 Å². The summed E-state index contributed by atoms with van der Waals surface area (Å²) >= 11 is 0. The first-order chi connectivity index (χ1) is 17.4. The molecule has 3 aromatic rings. The normalized spacial score (nSPS) is 12.0. The van der Waals surface area contributed by atoms with Crippen LogP contribution in [0.4, 0.5) is 0 Å². The Kier molecular flexibility index (Phi) is 9.44. The maximum absolute atomic E-state index is 11.9. The Labute approximate surface area is 211 Å². The largest absolute Gasteiger partial charge is 0.497 e. The third-order valence-corrected chi connectivity index (χ3v) is 5.80. The molecular formula is C28H32N2O6. The van der Waals surface area contributed by atoms with Crippen LogP contribution < -0.4 is 20.5 Å². The van der Waals surface area contributed by atoms with Gasteiger partial charge in [0.05, 0.1) is 26.9 Å². The monoisotopic (exact) mass is 492 g/mol. The number of nitrogens with two attached hydrogens (primary N) is 1. The van der Waals surface area contributed by atoms with Gasteiger partial charge in [0.15, 0.2) is 0 Å². The number of benzene rings is 3. The number of nitrogens with one attached hydrogen (secondary N) is 1. The molecule has 0 heterocycles. The van der Waals surface area contributed by atoms with Crippen molar-refractivity contribution in [3.05, 3.63) is 95.6 Å². The molecule has 0 aromatic heterocycles. The van der Waals surface area contributed by atoms with E-state index in [-0.39, 0.29) is 31.9 Å². The number of ether oxygens (including phenoxy) is 3. The third kappa shape index (κ3) is 6.62. The Morgan fingerprint density at radius 2 is 1.33 bits per heavy atom. The SMILES string of the molecule is COc1ccc(C(OCC(O)CNC(=O)CCC(N)=O)(c2ccccc2)c2ccc(OC)cc2)cc1. The fourth-order valence-electron chi connectivity index (χ4n) is 3.91. The van der Waals surface area contributed by atoms with Crippen molar-refractivity contribution >= 4 is 11.8 Å². The molecule has 8 heteroatoms. The first-order valence-corrected chi connectivity index (χ1v) is 11.6. The predicted octanol–water partition coefficient (Wildman–Crippen LogP) is 2.75. The van der Waals surface area contributed by atoms with Crippen LogP contribution in [0.3, 0.4) is 0 Å². The van der Waals surface area contributed by atoms with Gasteiger partial charge in [-0.25, -0.2) is 0 Å². The molecule has 3 rings (SSSR count). The van der Waals surface area contributed by atoms with E-state index in [9.17, 15) is 14.7 Å². The smallest absolute Gasteiger partial charge is 0.220 e. The molecule has 190 valence electrons. The number of primary amides is 1. The summed E-state index contributed by atoms with van der Waals surface area (Å²) in [5.74, 6) is 0.483. The number of hydrogen-bond donors (Lipinski definition) is 3. The zero-order chi connectivity index (χ0) is 26.0. The quantitative estimate of drug-likeness (QED) is 0.316. The highest BCUT2D eigenvalue weighted by Gasteiger charge is 2.38. The summed E-state index contributed by atoms with van der Waals surface area (Å²) in [6.45, 7) is -0.114. The number of rotatable bonds is 13. The van der Waals surface area contributed by atoms with Crippen molar-refractivity contribution in [3.63, 3.8) is 0 Å². The Bertz CT molecular complexity index is 1070. The van der Waals surface area contributed by atoms with E-state index in [1.807, 2.05) is 78.9 Å². The minimum Gasteiger partial charge on any atom is -0.497 e. The summed E-state index contributed by atoms with van der Waals surface area (Å²) in [4.78, 5) is 22.8. The van der Waals surface area contributed by atoms with E-state index in [4.69, 9.17) is 19.9 Å². The molecule has 0 spiro atoms. The van der Waals surface area contributed by atoms with Crippen molar-refractivity contribution in [2.75, 3.05) is 27.4 Å². The lowest BCUT2D eigenvalue weighted by molar-refractivity contribution is -0.125. The van der Waals surface area contributed by atoms with Crippen molar-refractivity contribution in [2.45, 2.75) is 24.5 Å². The molecule has 1 unspecified atom stereocenters. The van der Waals surface area contributed by atoms with Crippen LogP contribution in [0.25, 0.3) is 0 Å². The van der Waals surface area contributed by atoms with Gasteiger partial charge in [-0.05, 0) is 41.0 Å². The van der Waals surface area contributed by atoms with Gasteiger partial charge in [0.25, 0.3) is 0 Å². The van der Waals surface area contributed by atoms with Crippen molar-refractivity contribution in [3.8, 4) is 11.5 Å². The van der Waals surface area contributed by atoms with Gasteiger partial charge in [-0.15, -0.1) is 0 Å². The molecule has 0 saturated heterocycles. The second-order valence-corrected chi connectivity index (χ2v) is 8.24. The molecule has 2 amide bonds. The van der Waals surface area contributed by atoms with Crippen LogP contribution in [0.15, 0.2) is 78.9 Å². The lowest BCUT2D eigenvalue weighted by Gasteiger charge is -2.36. The summed E-state index contributed by atoms with van der Waals surface area (Å²) in [6.07, 6.45) is -1.08. The Morgan fingerprint density at radius 1 is 0.833 bits per heavy atom. The van der Waals surface area contributed by atoms with Crippen LogP contribution in [-0.4, -0.2) is 50.4 Å². The summed E-state index contributed by atoms with van der Waals surface area (Å²) in [7, 11) is 3.21. The van der Waals surface area contributed by atoms with Gasteiger partial charge in [0, 0.05) is 19.4 Å². The van der Waals surface area contributed by atoms with Crippen LogP contribution in [0, 0.1) is 0 Å². The Hall–Kier alpha value is -3.88. The van der Waals surface area contributed by atoms with Gasteiger partial charge in [-0.3, -0.25) is 9.59 Å². The molecule has 36 heavy (non-hydrogen) atoms. The third-order valence-electron chi connectivity index (χ3n) is 5.80. The lowest BCUT2D eigenvalue weighted by atomic mass is 9.80. The molecule has 1 atom stereocenters. The zero-order valence-electron chi connectivity index (χ0n) is 20.5. The average molecular weight is 493 g/mol. The highest BCUT2D eigenvalue weighted by atomic mass is 16.5. The molecule has 0 fully saturated rings. The number of aliphatic hydroxyl groups is 1. The Balaban J connectivity index is 1.95. The average Bonchev–Trinajstić information content (AvgIpc) is 2.92. The number of aliphatic hydroxyl groups excluding tert-OH is 1. The van der Waals surface area contributed by atoms with E-state index >= 15 is 0 Å². The lowest BCUT2D eigenvalue weighted by Crippen LogP contribution is -2.39. The van der Waals surface area contributed by atoms with Crippen LogP contribution in [-0.2, 0) is 19.9 Å². The van der Waals surface area contributed by atoms with E-state index in [0.717, 1.165) is 16.7 Å². The molecule has 3 aromatic carbocycles. The fourth-order valence-corrected chi connectivity index (χ4v) is 3.91. The highest BCUT2D eigenvalue weighted by Crippen LogP contribution is 2.41. The maximum atomic E-state index is 11.9. The molecule has 0 aliphatic heterocycles. The van der Waals surface area contributed by atoms with Gasteiger partial charge < -0.3 is 30.4 Å². The van der Waals surface area contributed by atoms with Crippen molar-refractivity contribution in [1.29, 1.82) is 0 Å². The minimum atomic E-state index is -1.07. The van der Waals surface area contributed by atoms with E-state index in [0.29, 0.717) is 11.5 Å². The van der Waals surface area contributed by atoms with Gasteiger partial charge >= 0.3 is 0 Å². The first-order valence-electron chi connectivity index (χ1n) is 11.6. The summed E-state index contributed by atoms with van der Waals surface area (Å²) in [6, 6.07) is 24.8. The fraction of sp³-hybridized carbons (Fsp3) is 0.286. The number of amides is 2. The molecular weight excluding hydrogens is 460 g/mol. The number of methoxy groups -OCH3 is 2. The second-order valence-electron chi connectivity index (χ2n) is 8.24. The van der Waals surface area contributed by atoms with E-state index in [1.54, 1.807) is 14.2 Å². The maximum Gasteiger partial charge on any atom is 0.220 e. The van der Waals surface area contributed by atoms with Crippen molar-refractivity contribution in [2.24, 2.45) is 5.73 Å². The molecule has 4 N–H and O–H groups in total. The minimum absolute atomic E-state index is 0.0332. The predicted molar refractivity (Wildman–Crippen MR) is 136 cm³/mol. The van der Waals surface area contributed by atoms with Gasteiger partial charge in [-0.1, -0.05) is 54.6 Å². The van der Waals surface area contributed by atoms with Crippen LogP contribution in [0.5, 0.6) is 11.5 Å². The second kappa shape index (κ2) is 12.7. The van der Waals surface area contributed by atoms with Crippen LogP contribution >= 0.6 is 0 Å². The molecule has 0 saturated carbocycles. The van der Waals surface area contributed by atoms with E-state index in [1.165, 1.54) is 0 Å². The molecule has 0 bridgehead atoms. The summed E-state index contributed by atoms with van der Waals surface area (Å²) in [5, 5.41) is 13.3. The standard InChI is InChI=1S/C28H32N2O6/c1-34-24-12-8-21(9-13-24)28(20-6-4-3-5-7-20,22-10-14-25(35-2)15-11-22)36-19-23(31)18-30-27(33)17-16-26(29)32/h3-15,23,31H,16-19H2,1-2H3,(H2,29,32)(H,30,33). The van der Waals surface area contributed by atoms with Crippen molar-refractivity contribution in [1.82, 2.24) is 5.32 Å². The van der Waals surface area contributed by atoms with Crippen molar-refractivity contribution < 1.29 is 28.9 Å². The highest BCUT2D eigenvalue weighted by molar-refractivity contribution is 5.82. The molecule has 0 aliphatic carbocycles. The van der Waals surface area contributed by atoms with E-state index < -0.39 is 17.6 Å². The molecule has 0 aliphatic rings. The van der Waals surface area contributed by atoms with Crippen LogP contribution in [0.2, 0.25) is 0 Å². The van der Waals surface area contributed by atoms with Gasteiger partial charge in [-0.2, -0.15) is 0 Å². The van der Waals surface area contributed by atoms with Gasteiger partial charge in [0.1, 0.15) is 17.1 Å². The zero-order valence-corrected chi connectivity index (χ0v) is 20.5. The number of hydrogen-bond acceptors (Lipinski definition) is 6. The topological polar surface area (TPSA) is 120 Å². The molecule has 0 radical (unpaired) electrons. The summed E-state index contributed by atoms with van der Waals surface area (Å²) in [5.41, 5.74) is 6.54. The number of carbonyl (C=O) groups excluding carboxylic acids is 2. The summed E-state index contributed by atoms with van der Waals surface area (Å²) < 4.78 is 17.3. The van der Waals surface area contributed by atoms with Crippen LogP contribution in [0.1, 0.15) is 29.5 Å². The number of carbonyl (C=O) groups is 2. The Morgan fingerprint density at radius 3 is 1.81 bits per heavy atom. The van der Waals surface area contributed by atoms with Gasteiger partial charge in [0.2, 0.25) is 11.8 Å². The first kappa shape index (κ1) is 26.7. The molecule has 8 nitrogen and oxygen atoms in total.